The second-order valence-electron chi connectivity index (χ2n) is 11.7. The lowest BCUT2D eigenvalue weighted by Gasteiger charge is -2.21. The van der Waals surface area contributed by atoms with Crippen molar-refractivity contribution in [3.05, 3.63) is 60.4 Å². The number of aromatic nitrogens is 1. The standard InChI is InChI=1S/C35H57N2O6P/c1-4-5-6-7-8-9-10-11-12-13-14-15-16-18-24-36-35(38)40-29-34(42-31(2)3)30-41-44(39)43-33-23-21-22-32(27-33)28-37-25-19-17-20-26-37/h17,19-23,25-27,31,34,39H,4-16,18,24,28-30H2,1-3H3/p+1. The first-order chi connectivity index (χ1) is 21.5. The summed E-state index contributed by atoms with van der Waals surface area (Å²) in [4.78, 5) is 22.6. The molecule has 0 radical (unpaired) electrons. The van der Waals surface area contributed by atoms with Crippen molar-refractivity contribution >= 4 is 14.7 Å². The molecule has 1 heterocycles. The molecule has 9 heteroatoms. The average molecular weight is 634 g/mol. The predicted octanol–water partition coefficient (Wildman–Crippen LogP) is 8.64. The SMILES string of the molecule is CCCCCCCCCCCCCCCCNC(=O)OCC(COP(O)Oc1cccc(C[n+]2ccccc2)c1)OC(C)C. The van der Waals surface area contributed by atoms with Crippen molar-refractivity contribution in [2.24, 2.45) is 0 Å². The summed E-state index contributed by atoms with van der Waals surface area (Å²) < 4.78 is 24.4. The van der Waals surface area contributed by atoms with E-state index >= 15 is 0 Å². The maximum Gasteiger partial charge on any atom is 0.407 e. The van der Waals surface area contributed by atoms with Crippen LogP contribution in [0.2, 0.25) is 0 Å². The fraction of sp³-hybridized carbons (Fsp3) is 0.657. The third-order valence-electron chi connectivity index (χ3n) is 7.26. The fourth-order valence-corrected chi connectivity index (χ4v) is 5.60. The minimum atomic E-state index is -2.18. The molecule has 2 rings (SSSR count). The van der Waals surface area contributed by atoms with E-state index in [4.69, 9.17) is 18.5 Å². The van der Waals surface area contributed by atoms with Gasteiger partial charge in [-0.1, -0.05) is 109 Å². The van der Waals surface area contributed by atoms with Gasteiger partial charge in [-0.3, -0.25) is 4.52 Å². The summed E-state index contributed by atoms with van der Waals surface area (Å²) in [6.07, 6.45) is 21.1. The Kier molecular flexibility index (Phi) is 21.6. The first-order valence-electron chi connectivity index (χ1n) is 16.8. The van der Waals surface area contributed by atoms with Crippen LogP contribution in [0.3, 0.4) is 0 Å². The van der Waals surface area contributed by atoms with Gasteiger partial charge in [0, 0.05) is 24.2 Å². The van der Waals surface area contributed by atoms with E-state index in [0.717, 1.165) is 18.4 Å². The number of hydrogen-bond donors (Lipinski definition) is 2. The van der Waals surface area contributed by atoms with Gasteiger partial charge in [-0.05, 0) is 32.4 Å². The van der Waals surface area contributed by atoms with E-state index in [0.29, 0.717) is 18.8 Å². The molecule has 0 aliphatic rings. The number of alkyl carbamates (subject to hydrolysis) is 1. The molecule has 0 aliphatic heterocycles. The first-order valence-corrected chi connectivity index (χ1v) is 18.0. The smallest absolute Gasteiger partial charge is 0.407 e. The van der Waals surface area contributed by atoms with Crippen LogP contribution in [0.1, 0.15) is 116 Å². The second kappa shape index (κ2) is 25.0. The Balaban J connectivity index is 1.54. The summed E-state index contributed by atoms with van der Waals surface area (Å²) in [7, 11) is -2.18. The largest absolute Gasteiger partial charge is 0.447 e. The zero-order valence-electron chi connectivity index (χ0n) is 27.5. The highest BCUT2D eigenvalue weighted by molar-refractivity contribution is 7.41. The van der Waals surface area contributed by atoms with Crippen LogP contribution in [0.5, 0.6) is 5.75 Å². The van der Waals surface area contributed by atoms with E-state index in [2.05, 4.69) is 16.8 Å². The van der Waals surface area contributed by atoms with Crippen molar-refractivity contribution in [1.29, 1.82) is 0 Å². The van der Waals surface area contributed by atoms with Crippen LogP contribution in [-0.4, -0.2) is 43.0 Å². The lowest BCUT2D eigenvalue weighted by atomic mass is 10.0. The topological polar surface area (TPSA) is 90.1 Å². The molecule has 248 valence electrons. The highest BCUT2D eigenvalue weighted by atomic mass is 31.2. The molecule has 1 aromatic carbocycles. The van der Waals surface area contributed by atoms with E-state index in [1.807, 2.05) is 62.6 Å². The Morgan fingerprint density at radius 3 is 2.07 bits per heavy atom. The van der Waals surface area contributed by atoms with Gasteiger partial charge < -0.3 is 24.2 Å². The number of carbonyl (C=O) groups is 1. The minimum absolute atomic E-state index is 0.0235. The molecular weight excluding hydrogens is 575 g/mol. The Morgan fingerprint density at radius 2 is 1.45 bits per heavy atom. The number of nitrogens with zero attached hydrogens (tertiary/aromatic N) is 1. The predicted molar refractivity (Wildman–Crippen MR) is 178 cm³/mol. The van der Waals surface area contributed by atoms with Crippen molar-refractivity contribution in [2.45, 2.75) is 129 Å². The van der Waals surface area contributed by atoms with Gasteiger partial charge in [0.1, 0.15) is 18.5 Å². The summed E-state index contributed by atoms with van der Waals surface area (Å²) in [5, 5.41) is 2.83. The van der Waals surface area contributed by atoms with Gasteiger partial charge in [0.15, 0.2) is 18.9 Å². The lowest BCUT2D eigenvalue weighted by Crippen LogP contribution is -2.33. The summed E-state index contributed by atoms with van der Waals surface area (Å²) >= 11 is 0. The molecule has 2 N–H and O–H groups in total. The van der Waals surface area contributed by atoms with Crippen molar-refractivity contribution in [1.82, 2.24) is 5.32 Å². The zero-order valence-corrected chi connectivity index (χ0v) is 28.4. The van der Waals surface area contributed by atoms with E-state index in [9.17, 15) is 9.69 Å². The number of pyridine rings is 1. The minimum Gasteiger partial charge on any atom is -0.447 e. The highest BCUT2D eigenvalue weighted by Gasteiger charge is 2.19. The molecule has 2 unspecified atom stereocenters. The molecule has 0 saturated heterocycles. The van der Waals surface area contributed by atoms with Gasteiger partial charge in [0.25, 0.3) is 0 Å². The van der Waals surface area contributed by atoms with Gasteiger partial charge in [0.2, 0.25) is 0 Å². The number of nitrogens with one attached hydrogen (secondary N) is 1. The Bertz CT molecular complexity index is 981. The number of amides is 1. The molecule has 2 aromatic rings. The van der Waals surface area contributed by atoms with E-state index in [1.165, 1.54) is 77.0 Å². The average Bonchev–Trinajstić information content (AvgIpc) is 3.01. The summed E-state index contributed by atoms with van der Waals surface area (Å²) in [5.41, 5.74) is 1.04. The fourth-order valence-electron chi connectivity index (χ4n) is 4.96. The summed E-state index contributed by atoms with van der Waals surface area (Å²) in [6, 6.07) is 13.5. The zero-order chi connectivity index (χ0) is 31.7. The van der Waals surface area contributed by atoms with Crippen molar-refractivity contribution < 1.29 is 32.8 Å². The molecule has 0 saturated carbocycles. The van der Waals surface area contributed by atoms with E-state index < -0.39 is 20.8 Å². The number of benzene rings is 1. The van der Waals surface area contributed by atoms with Gasteiger partial charge in [-0.15, -0.1) is 0 Å². The molecule has 44 heavy (non-hydrogen) atoms. The van der Waals surface area contributed by atoms with Crippen LogP contribution in [-0.2, 0) is 20.5 Å². The summed E-state index contributed by atoms with van der Waals surface area (Å²) in [6.45, 7) is 7.41. The van der Waals surface area contributed by atoms with Crippen LogP contribution >= 0.6 is 8.60 Å². The van der Waals surface area contributed by atoms with E-state index in [-0.39, 0.29) is 19.3 Å². The maximum atomic E-state index is 12.2. The van der Waals surface area contributed by atoms with Crippen LogP contribution in [0.4, 0.5) is 4.79 Å². The maximum absolute atomic E-state index is 12.2. The molecule has 2 atom stereocenters. The molecule has 0 fully saturated rings. The van der Waals surface area contributed by atoms with Gasteiger partial charge in [-0.2, -0.15) is 0 Å². The Labute approximate surface area is 267 Å². The number of hydrogen-bond acceptors (Lipinski definition) is 6. The highest BCUT2D eigenvalue weighted by Crippen LogP contribution is 2.35. The molecule has 0 spiro atoms. The lowest BCUT2D eigenvalue weighted by molar-refractivity contribution is -0.688. The molecular formula is C35H58N2O6P+. The molecule has 1 amide bonds. The van der Waals surface area contributed by atoms with Crippen molar-refractivity contribution in [3.63, 3.8) is 0 Å². The third kappa shape index (κ3) is 19.9. The number of rotatable bonds is 26. The second-order valence-corrected chi connectivity index (χ2v) is 12.7. The van der Waals surface area contributed by atoms with Gasteiger partial charge >= 0.3 is 14.7 Å². The molecule has 1 aromatic heterocycles. The van der Waals surface area contributed by atoms with Crippen LogP contribution in [0.25, 0.3) is 0 Å². The number of unbranched alkanes of at least 4 members (excludes halogenated alkanes) is 13. The molecule has 0 aliphatic carbocycles. The van der Waals surface area contributed by atoms with Gasteiger partial charge in [-0.25, -0.2) is 9.36 Å². The number of carbonyl (C=O) groups excluding carboxylic acids is 1. The van der Waals surface area contributed by atoms with Crippen LogP contribution in [0.15, 0.2) is 54.9 Å². The number of ether oxygens (including phenoxy) is 2. The van der Waals surface area contributed by atoms with Crippen molar-refractivity contribution in [2.75, 3.05) is 19.8 Å². The first kappa shape index (κ1) is 37.9. The molecule has 0 bridgehead atoms. The van der Waals surface area contributed by atoms with Gasteiger partial charge in [0.05, 0.1) is 12.7 Å². The normalized spacial score (nSPS) is 12.7. The monoisotopic (exact) mass is 633 g/mol. The summed E-state index contributed by atoms with van der Waals surface area (Å²) in [5.74, 6) is 0.521. The Hall–Kier alpha value is -2.25. The third-order valence-corrected chi connectivity index (χ3v) is 8.00. The van der Waals surface area contributed by atoms with Crippen LogP contribution < -0.4 is 14.4 Å². The molecule has 8 nitrogen and oxygen atoms in total. The van der Waals surface area contributed by atoms with E-state index in [1.54, 1.807) is 6.07 Å². The van der Waals surface area contributed by atoms with Crippen molar-refractivity contribution in [3.8, 4) is 5.75 Å². The quantitative estimate of drug-likeness (QED) is 0.0612. The Morgan fingerprint density at radius 1 is 0.841 bits per heavy atom. The van der Waals surface area contributed by atoms with Crippen LogP contribution in [0, 0.1) is 0 Å².